The van der Waals surface area contributed by atoms with Gasteiger partial charge in [0.25, 0.3) is 0 Å². The molecule has 0 bridgehead atoms. The summed E-state index contributed by atoms with van der Waals surface area (Å²) in [6, 6.07) is 7.72. The Morgan fingerprint density at radius 3 is 2.79 bits per heavy atom. The smallest absolute Gasteiger partial charge is 0.318 e. The van der Waals surface area contributed by atoms with Gasteiger partial charge in [0.05, 0.1) is 0 Å². The largest absolute Gasteiger partial charge is 0.350 e. The molecule has 0 unspecified atom stereocenters. The van der Waals surface area contributed by atoms with E-state index in [1.807, 2.05) is 35.8 Å². The zero-order chi connectivity index (χ0) is 13.6. The summed E-state index contributed by atoms with van der Waals surface area (Å²) in [4.78, 5) is 29.6. The van der Waals surface area contributed by atoms with Crippen molar-refractivity contribution < 1.29 is 4.57 Å². The predicted molar refractivity (Wildman–Crippen MR) is 70.1 cm³/mol. The van der Waals surface area contributed by atoms with Gasteiger partial charge in [0.1, 0.15) is 12.1 Å². The number of H-pyrrole nitrogens is 1. The van der Waals surface area contributed by atoms with Crippen molar-refractivity contribution in [1.82, 2.24) is 14.5 Å². The molecule has 0 aliphatic carbocycles. The summed E-state index contributed by atoms with van der Waals surface area (Å²) in [6.07, 6.45) is 0. The average Bonchev–Trinajstić information content (AvgIpc) is 2.40. The third kappa shape index (κ3) is 1.56. The van der Waals surface area contributed by atoms with Gasteiger partial charge in [-0.25, -0.2) is 4.79 Å². The van der Waals surface area contributed by atoms with Crippen molar-refractivity contribution in [3.05, 3.63) is 45.1 Å². The van der Waals surface area contributed by atoms with Crippen LogP contribution in [-0.4, -0.2) is 14.5 Å². The van der Waals surface area contributed by atoms with Crippen molar-refractivity contribution in [3.8, 4) is 11.5 Å². The number of nitrogens with zero attached hydrogens (tertiary/aromatic N) is 3. The van der Waals surface area contributed by atoms with Crippen LogP contribution in [0.5, 0.6) is 0 Å². The van der Waals surface area contributed by atoms with E-state index in [9.17, 15) is 9.59 Å². The Kier molecular flexibility index (Phi) is 2.45. The second kappa shape index (κ2) is 4.01. The molecule has 0 amide bonds. The first-order chi connectivity index (χ1) is 9.13. The molecule has 6 nitrogen and oxygen atoms in total. The van der Waals surface area contributed by atoms with Crippen LogP contribution in [0.3, 0.4) is 0 Å². The Bertz CT molecular complexity index is 863. The lowest BCUT2D eigenvalue weighted by molar-refractivity contribution is -0.658. The van der Waals surface area contributed by atoms with Gasteiger partial charge in [-0.1, -0.05) is 12.1 Å². The van der Waals surface area contributed by atoms with E-state index in [4.69, 9.17) is 0 Å². The number of fused-ring (bicyclic) bond motifs is 2. The number of hydrogen-bond donors (Lipinski definition) is 1. The number of hydrogen-bond acceptors (Lipinski definition) is 3. The van der Waals surface area contributed by atoms with Crippen LogP contribution in [-0.2, 0) is 13.6 Å². The number of aromatic amines is 1. The third-order valence-corrected chi connectivity index (χ3v) is 3.29. The Hall–Kier alpha value is -2.50. The molecule has 0 saturated carbocycles. The monoisotopic (exact) mass is 257 g/mol. The predicted octanol–water partition coefficient (Wildman–Crippen LogP) is 0.0340. The minimum Gasteiger partial charge on any atom is -0.318 e. The third-order valence-electron chi connectivity index (χ3n) is 3.29. The molecule has 0 fully saturated rings. The summed E-state index contributed by atoms with van der Waals surface area (Å²) in [6.45, 7) is 2.58. The van der Waals surface area contributed by atoms with Gasteiger partial charge in [-0.2, -0.15) is 9.55 Å². The summed E-state index contributed by atoms with van der Waals surface area (Å²) in [5.74, 6) is 0.398. The molecule has 3 rings (SSSR count). The lowest BCUT2D eigenvalue weighted by Crippen LogP contribution is -2.45. The highest BCUT2D eigenvalue weighted by Gasteiger charge is 2.27. The summed E-state index contributed by atoms with van der Waals surface area (Å²) < 4.78 is 3.64. The summed E-state index contributed by atoms with van der Waals surface area (Å²) in [5.41, 5.74) is 1.26. The van der Waals surface area contributed by atoms with Crippen LogP contribution in [0.25, 0.3) is 22.6 Å². The molecule has 0 atom stereocenters. The first kappa shape index (κ1) is 11.6. The minimum absolute atomic E-state index is 0.398. The first-order valence-corrected chi connectivity index (χ1v) is 6.05. The average molecular weight is 257 g/mol. The maximum absolute atomic E-state index is 12.0. The van der Waals surface area contributed by atoms with E-state index >= 15 is 0 Å². The van der Waals surface area contributed by atoms with E-state index in [1.165, 1.54) is 0 Å². The zero-order valence-corrected chi connectivity index (χ0v) is 10.7. The normalized spacial score (nSPS) is 11.3. The summed E-state index contributed by atoms with van der Waals surface area (Å²) in [5, 5.41) is 0. The molecular weight excluding hydrogens is 244 g/mol. The lowest BCUT2D eigenvalue weighted by Gasteiger charge is -2.12. The molecule has 19 heavy (non-hydrogen) atoms. The number of aryl methyl sites for hydroxylation is 2. The molecule has 1 N–H and O–H groups in total. The van der Waals surface area contributed by atoms with Gasteiger partial charge in [-0.15, -0.1) is 0 Å². The highest BCUT2D eigenvalue weighted by atomic mass is 16.2. The molecular formula is C13H13N4O2+. The van der Waals surface area contributed by atoms with E-state index in [-0.39, 0.29) is 0 Å². The highest BCUT2D eigenvalue weighted by molar-refractivity contribution is 5.74. The van der Waals surface area contributed by atoms with E-state index in [2.05, 4.69) is 9.97 Å². The molecule has 0 radical (unpaired) electrons. The molecule has 0 saturated heterocycles. The van der Waals surface area contributed by atoms with Gasteiger partial charge in [-0.05, 0) is 13.0 Å². The van der Waals surface area contributed by atoms with E-state index < -0.39 is 11.2 Å². The van der Waals surface area contributed by atoms with Gasteiger partial charge in [0.2, 0.25) is 11.3 Å². The molecule has 1 aromatic carbocycles. The van der Waals surface area contributed by atoms with Gasteiger partial charge < -0.3 is 4.57 Å². The highest BCUT2D eigenvalue weighted by Crippen LogP contribution is 2.16. The van der Waals surface area contributed by atoms with Crippen LogP contribution in [0, 0.1) is 0 Å². The second-order valence-corrected chi connectivity index (χ2v) is 4.34. The molecule has 1 aromatic rings. The van der Waals surface area contributed by atoms with Crippen LogP contribution >= 0.6 is 0 Å². The molecule has 96 valence electrons. The van der Waals surface area contributed by atoms with Crippen LogP contribution in [0.2, 0.25) is 0 Å². The van der Waals surface area contributed by atoms with Gasteiger partial charge in [0, 0.05) is 13.1 Å². The topological polar surface area (TPSA) is 71.6 Å². The molecule has 2 heterocycles. The Morgan fingerprint density at radius 1 is 1.32 bits per heavy atom. The molecule has 0 spiro atoms. The first-order valence-electron chi connectivity index (χ1n) is 6.05. The number of benzene rings is 1. The fraction of sp³-hybridized carbons (Fsp3) is 0.231. The van der Waals surface area contributed by atoms with Crippen molar-refractivity contribution in [1.29, 1.82) is 0 Å². The Morgan fingerprint density at radius 2 is 2.05 bits per heavy atom. The summed E-state index contributed by atoms with van der Waals surface area (Å²) in [7, 11) is 1.80. The SMILES string of the molecule is CC[n+]1c2c(=O)[nH]c(=O)nc-2n(C)c2ccccc21. The quantitative estimate of drug-likeness (QED) is 0.494. The van der Waals surface area contributed by atoms with Crippen molar-refractivity contribution in [2.75, 3.05) is 0 Å². The van der Waals surface area contributed by atoms with E-state index in [0.29, 0.717) is 18.1 Å². The molecule has 2 aliphatic heterocycles. The van der Waals surface area contributed by atoms with Crippen molar-refractivity contribution in [2.45, 2.75) is 13.5 Å². The van der Waals surface area contributed by atoms with Crippen LogP contribution < -0.4 is 15.8 Å². The molecule has 0 aromatic heterocycles. The minimum atomic E-state index is -0.619. The van der Waals surface area contributed by atoms with Crippen LogP contribution in [0.15, 0.2) is 33.9 Å². The molecule has 2 aliphatic rings. The van der Waals surface area contributed by atoms with E-state index in [1.54, 1.807) is 11.6 Å². The maximum Gasteiger partial charge on any atom is 0.350 e. The van der Waals surface area contributed by atoms with Gasteiger partial charge in [0.15, 0.2) is 0 Å². The number of rotatable bonds is 1. The van der Waals surface area contributed by atoms with E-state index in [0.717, 1.165) is 11.0 Å². The van der Waals surface area contributed by atoms with Gasteiger partial charge >= 0.3 is 16.9 Å². The lowest BCUT2D eigenvalue weighted by atomic mass is 10.2. The number of para-hydroxylation sites is 2. The van der Waals surface area contributed by atoms with Crippen molar-refractivity contribution in [2.24, 2.45) is 7.05 Å². The maximum atomic E-state index is 12.0. The standard InChI is InChI=1S/C13H12N4O2/c1-3-17-9-7-5-4-6-8(9)16(2)11-10(17)12(18)15-13(19)14-11/h4-7H,3H2,1-2H3/p+1. The van der Waals surface area contributed by atoms with Crippen molar-refractivity contribution >= 4 is 11.0 Å². The fourth-order valence-corrected chi connectivity index (χ4v) is 2.45. The van der Waals surface area contributed by atoms with Crippen LogP contribution in [0.4, 0.5) is 0 Å². The summed E-state index contributed by atoms with van der Waals surface area (Å²) >= 11 is 0. The zero-order valence-electron chi connectivity index (χ0n) is 10.7. The Labute approximate surface area is 108 Å². The molecule has 6 heteroatoms. The fourth-order valence-electron chi connectivity index (χ4n) is 2.45. The number of nitrogens with one attached hydrogen (secondary N) is 1. The second-order valence-electron chi connectivity index (χ2n) is 4.34. The van der Waals surface area contributed by atoms with Crippen LogP contribution in [0.1, 0.15) is 6.92 Å². The Balaban J connectivity index is 2.70. The van der Waals surface area contributed by atoms with Crippen molar-refractivity contribution in [3.63, 3.8) is 0 Å². The number of aromatic nitrogens is 4. The van der Waals surface area contributed by atoms with Gasteiger partial charge in [-0.3, -0.25) is 9.78 Å².